The van der Waals surface area contributed by atoms with E-state index in [1.165, 1.54) is 0 Å². The molecule has 4 N–H and O–H groups in total. The third-order valence-electron chi connectivity index (χ3n) is 4.04. The van der Waals surface area contributed by atoms with Gasteiger partial charge in [-0.3, -0.25) is 9.59 Å². The van der Waals surface area contributed by atoms with E-state index in [2.05, 4.69) is 5.32 Å². The van der Waals surface area contributed by atoms with Crippen molar-refractivity contribution in [2.75, 3.05) is 13.1 Å². The zero-order chi connectivity index (χ0) is 15.9. The number of amides is 1. The summed E-state index contributed by atoms with van der Waals surface area (Å²) in [6, 6.07) is 7.21. The molecular weight excluding hydrogens is 268 g/mol. The molecule has 0 saturated heterocycles. The molecule has 0 radical (unpaired) electrons. The van der Waals surface area contributed by atoms with Crippen molar-refractivity contribution in [3.63, 3.8) is 0 Å². The predicted molar refractivity (Wildman–Crippen MR) is 82.2 cm³/mol. The number of rotatable bonds is 8. The largest absolute Gasteiger partial charge is 0.481 e. The molecule has 116 valence electrons. The van der Waals surface area contributed by atoms with Crippen LogP contribution in [0, 0.1) is 5.41 Å². The highest BCUT2D eigenvalue weighted by atomic mass is 16.4. The van der Waals surface area contributed by atoms with Gasteiger partial charge in [0.1, 0.15) is 0 Å². The monoisotopic (exact) mass is 292 g/mol. The van der Waals surface area contributed by atoms with Crippen molar-refractivity contribution in [1.82, 2.24) is 5.32 Å². The second-order valence-corrected chi connectivity index (χ2v) is 5.21. The summed E-state index contributed by atoms with van der Waals surface area (Å²) in [7, 11) is 0. The molecular formula is C16H24N2O3. The Hall–Kier alpha value is -1.88. The highest BCUT2D eigenvalue weighted by Crippen LogP contribution is 2.25. The minimum Gasteiger partial charge on any atom is -0.481 e. The lowest BCUT2D eigenvalue weighted by Gasteiger charge is -2.26. The number of nitrogens with two attached hydrogens (primary N) is 1. The van der Waals surface area contributed by atoms with Crippen LogP contribution >= 0.6 is 0 Å². The molecule has 1 amide bonds. The Morgan fingerprint density at radius 1 is 1.19 bits per heavy atom. The fourth-order valence-electron chi connectivity index (χ4n) is 2.22. The molecule has 1 aromatic carbocycles. The summed E-state index contributed by atoms with van der Waals surface area (Å²) in [5.41, 5.74) is 6.19. The number of nitrogens with one attached hydrogen (secondary N) is 1. The van der Waals surface area contributed by atoms with E-state index in [4.69, 9.17) is 5.73 Å². The van der Waals surface area contributed by atoms with E-state index in [-0.39, 0.29) is 12.5 Å². The van der Waals surface area contributed by atoms with Gasteiger partial charge in [0, 0.05) is 12.1 Å². The van der Waals surface area contributed by atoms with Crippen LogP contribution in [0.2, 0.25) is 0 Å². The Kier molecular flexibility index (Phi) is 6.37. The quantitative estimate of drug-likeness (QED) is 0.681. The zero-order valence-electron chi connectivity index (χ0n) is 12.7. The molecule has 21 heavy (non-hydrogen) atoms. The van der Waals surface area contributed by atoms with Crippen LogP contribution in [0.3, 0.4) is 0 Å². The van der Waals surface area contributed by atoms with E-state index in [0.717, 1.165) is 12.0 Å². The maximum Gasteiger partial charge on any atom is 0.311 e. The number of hydrogen-bond acceptors (Lipinski definition) is 3. The second-order valence-electron chi connectivity index (χ2n) is 5.21. The van der Waals surface area contributed by atoms with Crippen LogP contribution in [-0.4, -0.2) is 30.1 Å². The van der Waals surface area contributed by atoms with Gasteiger partial charge < -0.3 is 16.2 Å². The first-order chi connectivity index (χ1) is 9.99. The number of benzene rings is 1. The van der Waals surface area contributed by atoms with Gasteiger partial charge >= 0.3 is 5.97 Å². The van der Waals surface area contributed by atoms with Crippen LogP contribution in [0.15, 0.2) is 24.3 Å². The molecule has 0 aliphatic carbocycles. The number of carbonyl (C=O) groups excluding carboxylic acids is 1. The lowest BCUT2D eigenvalue weighted by atomic mass is 9.82. The molecule has 0 unspecified atom stereocenters. The first kappa shape index (κ1) is 17.2. The highest BCUT2D eigenvalue weighted by Gasteiger charge is 2.35. The standard InChI is InChI=1S/C16H24N2O3/c1-3-16(4-2,15(20)21)11-18-14(19)13-7-5-12(6-8-13)9-10-17/h5-8H,3-4,9-11,17H2,1-2H3,(H,18,19)(H,20,21). The zero-order valence-corrected chi connectivity index (χ0v) is 12.7. The Morgan fingerprint density at radius 3 is 2.19 bits per heavy atom. The van der Waals surface area contributed by atoms with Crippen LogP contribution in [0.1, 0.15) is 42.6 Å². The molecule has 1 aromatic rings. The first-order valence-electron chi connectivity index (χ1n) is 7.29. The molecule has 0 aromatic heterocycles. The smallest absolute Gasteiger partial charge is 0.311 e. The molecule has 0 saturated carbocycles. The normalized spacial score (nSPS) is 11.2. The predicted octanol–water partition coefficient (Wildman–Crippen LogP) is 1.81. The SMILES string of the molecule is CCC(CC)(CNC(=O)c1ccc(CCN)cc1)C(=O)O. The van der Waals surface area contributed by atoms with Gasteiger partial charge in [-0.1, -0.05) is 26.0 Å². The lowest BCUT2D eigenvalue weighted by Crippen LogP contribution is -2.42. The summed E-state index contributed by atoms with van der Waals surface area (Å²) in [5, 5.41) is 12.1. The van der Waals surface area contributed by atoms with E-state index < -0.39 is 11.4 Å². The molecule has 0 aliphatic heterocycles. The fourth-order valence-corrected chi connectivity index (χ4v) is 2.22. The minimum absolute atomic E-state index is 0.138. The van der Waals surface area contributed by atoms with Crippen LogP contribution in [0.4, 0.5) is 0 Å². The summed E-state index contributed by atoms with van der Waals surface area (Å²) in [6.45, 7) is 4.36. The number of carbonyl (C=O) groups is 2. The molecule has 0 fully saturated rings. The molecule has 5 heteroatoms. The van der Waals surface area contributed by atoms with E-state index in [1.807, 2.05) is 26.0 Å². The Balaban J connectivity index is 2.70. The van der Waals surface area contributed by atoms with Crippen molar-refractivity contribution in [3.05, 3.63) is 35.4 Å². The van der Waals surface area contributed by atoms with Crippen molar-refractivity contribution in [1.29, 1.82) is 0 Å². The summed E-state index contributed by atoms with van der Waals surface area (Å²) in [5.74, 6) is -1.12. The van der Waals surface area contributed by atoms with E-state index in [1.54, 1.807) is 12.1 Å². The Labute approximate surface area is 125 Å². The lowest BCUT2D eigenvalue weighted by molar-refractivity contribution is -0.149. The maximum absolute atomic E-state index is 12.1. The summed E-state index contributed by atoms with van der Waals surface area (Å²) in [4.78, 5) is 23.5. The van der Waals surface area contributed by atoms with Crippen LogP contribution in [-0.2, 0) is 11.2 Å². The third-order valence-corrected chi connectivity index (χ3v) is 4.04. The van der Waals surface area contributed by atoms with Crippen molar-refractivity contribution >= 4 is 11.9 Å². The molecule has 0 atom stereocenters. The van der Waals surface area contributed by atoms with Gasteiger partial charge in [0.05, 0.1) is 5.41 Å². The van der Waals surface area contributed by atoms with Gasteiger partial charge in [0.15, 0.2) is 0 Å². The Morgan fingerprint density at radius 2 is 1.76 bits per heavy atom. The molecule has 5 nitrogen and oxygen atoms in total. The van der Waals surface area contributed by atoms with Gasteiger partial charge in [0.2, 0.25) is 0 Å². The highest BCUT2D eigenvalue weighted by molar-refractivity contribution is 5.94. The fraction of sp³-hybridized carbons (Fsp3) is 0.500. The summed E-state index contributed by atoms with van der Waals surface area (Å²) >= 11 is 0. The van der Waals surface area contributed by atoms with Crippen molar-refractivity contribution < 1.29 is 14.7 Å². The van der Waals surface area contributed by atoms with Crippen molar-refractivity contribution in [2.24, 2.45) is 11.1 Å². The summed E-state index contributed by atoms with van der Waals surface area (Å²) in [6.07, 6.45) is 1.73. The van der Waals surface area contributed by atoms with Gasteiger partial charge in [-0.05, 0) is 43.5 Å². The van der Waals surface area contributed by atoms with E-state index in [0.29, 0.717) is 24.9 Å². The van der Waals surface area contributed by atoms with Gasteiger partial charge in [0.25, 0.3) is 5.91 Å². The van der Waals surface area contributed by atoms with Gasteiger partial charge in [-0.2, -0.15) is 0 Å². The number of hydrogen-bond donors (Lipinski definition) is 3. The molecule has 0 heterocycles. The van der Waals surface area contributed by atoms with E-state index >= 15 is 0 Å². The molecule has 0 aliphatic rings. The second kappa shape index (κ2) is 7.78. The Bertz CT molecular complexity index is 479. The maximum atomic E-state index is 12.1. The average molecular weight is 292 g/mol. The number of aliphatic carboxylic acids is 1. The van der Waals surface area contributed by atoms with Gasteiger partial charge in [-0.15, -0.1) is 0 Å². The summed E-state index contributed by atoms with van der Waals surface area (Å²) < 4.78 is 0. The van der Waals surface area contributed by atoms with E-state index in [9.17, 15) is 14.7 Å². The minimum atomic E-state index is -0.894. The van der Waals surface area contributed by atoms with Crippen molar-refractivity contribution in [3.8, 4) is 0 Å². The first-order valence-corrected chi connectivity index (χ1v) is 7.29. The van der Waals surface area contributed by atoms with Crippen LogP contribution in [0.5, 0.6) is 0 Å². The average Bonchev–Trinajstić information content (AvgIpc) is 2.49. The molecule has 0 spiro atoms. The number of carboxylic acids is 1. The van der Waals surface area contributed by atoms with Gasteiger partial charge in [-0.25, -0.2) is 0 Å². The topological polar surface area (TPSA) is 92.4 Å². The van der Waals surface area contributed by atoms with Crippen LogP contribution in [0.25, 0.3) is 0 Å². The third kappa shape index (κ3) is 4.29. The molecule has 1 rings (SSSR count). The van der Waals surface area contributed by atoms with Crippen LogP contribution < -0.4 is 11.1 Å². The number of carboxylic acid groups (broad SMARTS) is 1. The molecule has 0 bridgehead atoms. The van der Waals surface area contributed by atoms with Crippen molar-refractivity contribution in [2.45, 2.75) is 33.1 Å².